The van der Waals surface area contributed by atoms with E-state index in [1.807, 2.05) is 0 Å². The van der Waals surface area contributed by atoms with E-state index in [0.29, 0.717) is 6.42 Å². The van der Waals surface area contributed by atoms with Crippen LogP contribution in [0.15, 0.2) is 24.3 Å². The third-order valence-corrected chi connectivity index (χ3v) is 2.51. The van der Waals surface area contributed by atoms with Crippen LogP contribution < -0.4 is 5.32 Å². The Hall–Kier alpha value is -1.72. The molecule has 1 rings (SSSR count). The number of carbonyl (C=O) groups excluding carboxylic acids is 1. The summed E-state index contributed by atoms with van der Waals surface area (Å²) >= 11 is 0. The maximum atomic E-state index is 12.5. The Morgan fingerprint density at radius 2 is 2.05 bits per heavy atom. The highest BCUT2D eigenvalue weighted by Crippen LogP contribution is 2.30. The molecule has 1 unspecified atom stereocenters. The van der Waals surface area contributed by atoms with E-state index in [9.17, 15) is 18.0 Å². The molecule has 1 N–H and O–H groups in total. The van der Waals surface area contributed by atoms with Gasteiger partial charge < -0.3 is 10.1 Å². The number of rotatable bonds is 5. The third-order valence-electron chi connectivity index (χ3n) is 2.51. The van der Waals surface area contributed by atoms with Gasteiger partial charge in [0.05, 0.1) is 12.2 Å². The first-order chi connectivity index (χ1) is 8.88. The molecule has 0 aliphatic heterocycles. The number of hydrogen-bond acceptors (Lipinski definition) is 3. The Kier molecular flexibility index (Phi) is 5.20. The molecule has 0 saturated carbocycles. The molecule has 3 nitrogen and oxygen atoms in total. The van der Waals surface area contributed by atoms with Gasteiger partial charge in [-0.15, -0.1) is 0 Å². The normalized spacial score (nSPS) is 12.9. The molecule has 0 aromatic heterocycles. The predicted octanol–water partition coefficient (Wildman–Crippen LogP) is 3.46. The van der Waals surface area contributed by atoms with Gasteiger partial charge in [0.15, 0.2) is 0 Å². The second kappa shape index (κ2) is 6.45. The van der Waals surface area contributed by atoms with E-state index in [2.05, 4.69) is 5.32 Å². The lowest BCUT2D eigenvalue weighted by atomic mass is 10.1. The number of alkyl halides is 3. The van der Waals surface area contributed by atoms with E-state index in [-0.39, 0.29) is 12.3 Å². The molecule has 0 heterocycles. The van der Waals surface area contributed by atoms with Gasteiger partial charge in [0.25, 0.3) is 0 Å². The number of carbonyl (C=O) groups is 1. The summed E-state index contributed by atoms with van der Waals surface area (Å²) in [5.41, 5.74) is -0.508. The molecule has 0 aliphatic rings. The van der Waals surface area contributed by atoms with Crippen molar-refractivity contribution in [2.45, 2.75) is 32.5 Å². The predicted molar refractivity (Wildman–Crippen MR) is 65.8 cm³/mol. The van der Waals surface area contributed by atoms with E-state index in [1.165, 1.54) is 12.1 Å². The zero-order valence-corrected chi connectivity index (χ0v) is 10.8. The van der Waals surface area contributed by atoms with Gasteiger partial charge in [-0.2, -0.15) is 13.2 Å². The highest BCUT2D eigenvalue weighted by atomic mass is 19.4. The van der Waals surface area contributed by atoms with E-state index in [1.54, 1.807) is 13.8 Å². The Morgan fingerprint density at radius 3 is 2.58 bits per heavy atom. The Balaban J connectivity index is 2.83. The molecule has 0 bridgehead atoms. The van der Waals surface area contributed by atoms with Crippen molar-refractivity contribution < 1.29 is 22.7 Å². The summed E-state index contributed by atoms with van der Waals surface area (Å²) in [4.78, 5) is 11.6. The van der Waals surface area contributed by atoms with Crippen LogP contribution in [0.5, 0.6) is 0 Å². The van der Waals surface area contributed by atoms with Crippen LogP contribution in [0.25, 0.3) is 0 Å². The van der Waals surface area contributed by atoms with Crippen LogP contribution in [0, 0.1) is 0 Å². The molecule has 0 fully saturated rings. The minimum Gasteiger partial charge on any atom is -0.464 e. The molecule has 0 spiro atoms. The van der Waals surface area contributed by atoms with Crippen molar-refractivity contribution in [2.24, 2.45) is 0 Å². The first kappa shape index (κ1) is 15.3. The number of esters is 1. The fraction of sp³-hybridized carbons (Fsp3) is 0.462. The van der Waals surface area contributed by atoms with Crippen LogP contribution >= 0.6 is 0 Å². The fourth-order valence-corrected chi connectivity index (χ4v) is 1.56. The average Bonchev–Trinajstić information content (AvgIpc) is 2.35. The number of nitrogens with one attached hydrogen (secondary N) is 1. The summed E-state index contributed by atoms with van der Waals surface area (Å²) in [6.07, 6.45) is -3.97. The van der Waals surface area contributed by atoms with Crippen molar-refractivity contribution in [3.8, 4) is 0 Å². The SMILES string of the molecule is CCOC(=O)C(CC)Nc1cccc(C(F)(F)F)c1. The largest absolute Gasteiger partial charge is 0.464 e. The van der Waals surface area contributed by atoms with Gasteiger partial charge in [-0.3, -0.25) is 0 Å². The third kappa shape index (κ3) is 4.46. The van der Waals surface area contributed by atoms with Gasteiger partial charge in [-0.1, -0.05) is 13.0 Å². The smallest absolute Gasteiger partial charge is 0.416 e. The lowest BCUT2D eigenvalue weighted by Gasteiger charge is -2.17. The van der Waals surface area contributed by atoms with Gasteiger partial charge in [0.2, 0.25) is 0 Å². The zero-order chi connectivity index (χ0) is 14.5. The van der Waals surface area contributed by atoms with E-state index < -0.39 is 23.8 Å². The maximum Gasteiger partial charge on any atom is 0.416 e. The Labute approximate surface area is 109 Å². The van der Waals surface area contributed by atoms with Crippen molar-refractivity contribution >= 4 is 11.7 Å². The molecule has 1 aromatic rings. The molecular formula is C13H16F3NO2. The summed E-state index contributed by atoms with van der Waals surface area (Å²) in [5, 5.41) is 2.75. The Morgan fingerprint density at radius 1 is 1.37 bits per heavy atom. The van der Waals surface area contributed by atoms with Gasteiger partial charge in [-0.05, 0) is 31.5 Å². The molecule has 106 valence electrons. The molecular weight excluding hydrogens is 259 g/mol. The van der Waals surface area contributed by atoms with Gasteiger partial charge in [-0.25, -0.2) is 4.79 Å². The minimum absolute atomic E-state index is 0.236. The standard InChI is InChI=1S/C13H16F3NO2/c1-3-11(12(18)19-4-2)17-10-7-5-6-9(8-10)13(14,15)16/h5-8,11,17H,3-4H2,1-2H3. The molecule has 1 atom stereocenters. The van der Waals surface area contributed by atoms with Crippen molar-refractivity contribution in [1.29, 1.82) is 0 Å². The van der Waals surface area contributed by atoms with Crippen LogP contribution in [0.2, 0.25) is 0 Å². The van der Waals surface area contributed by atoms with E-state index >= 15 is 0 Å². The monoisotopic (exact) mass is 275 g/mol. The minimum atomic E-state index is -4.40. The fourth-order valence-electron chi connectivity index (χ4n) is 1.56. The number of ether oxygens (including phenoxy) is 1. The molecule has 0 amide bonds. The zero-order valence-electron chi connectivity index (χ0n) is 10.8. The molecule has 6 heteroatoms. The summed E-state index contributed by atoms with van der Waals surface area (Å²) in [6, 6.07) is 4.09. The molecule has 0 saturated heterocycles. The number of anilines is 1. The summed E-state index contributed by atoms with van der Waals surface area (Å²) in [7, 11) is 0. The van der Waals surface area contributed by atoms with Crippen LogP contribution in [0.4, 0.5) is 18.9 Å². The van der Waals surface area contributed by atoms with Crippen molar-refractivity contribution in [3.63, 3.8) is 0 Å². The summed E-state index contributed by atoms with van der Waals surface area (Å²) < 4.78 is 42.5. The molecule has 0 radical (unpaired) electrons. The average molecular weight is 275 g/mol. The second-order valence-electron chi connectivity index (χ2n) is 3.94. The van der Waals surface area contributed by atoms with Crippen molar-refractivity contribution in [2.75, 3.05) is 11.9 Å². The van der Waals surface area contributed by atoms with Gasteiger partial charge in [0, 0.05) is 5.69 Å². The Bertz CT molecular complexity index is 432. The first-order valence-corrected chi connectivity index (χ1v) is 5.99. The lowest BCUT2D eigenvalue weighted by Crippen LogP contribution is -2.30. The number of hydrogen-bond donors (Lipinski definition) is 1. The van der Waals surface area contributed by atoms with Crippen LogP contribution in [-0.2, 0) is 15.7 Å². The first-order valence-electron chi connectivity index (χ1n) is 5.99. The van der Waals surface area contributed by atoms with Gasteiger partial charge >= 0.3 is 12.1 Å². The highest BCUT2D eigenvalue weighted by Gasteiger charge is 2.30. The molecule has 0 aliphatic carbocycles. The second-order valence-corrected chi connectivity index (χ2v) is 3.94. The van der Waals surface area contributed by atoms with Crippen molar-refractivity contribution in [3.05, 3.63) is 29.8 Å². The lowest BCUT2D eigenvalue weighted by molar-refractivity contribution is -0.144. The van der Waals surface area contributed by atoms with Crippen LogP contribution in [0.1, 0.15) is 25.8 Å². The van der Waals surface area contributed by atoms with E-state index in [4.69, 9.17) is 4.74 Å². The quantitative estimate of drug-likeness (QED) is 0.836. The van der Waals surface area contributed by atoms with Crippen LogP contribution in [-0.4, -0.2) is 18.6 Å². The van der Waals surface area contributed by atoms with Crippen molar-refractivity contribution in [1.82, 2.24) is 0 Å². The topological polar surface area (TPSA) is 38.3 Å². The van der Waals surface area contributed by atoms with Gasteiger partial charge in [0.1, 0.15) is 6.04 Å². The number of halogens is 3. The maximum absolute atomic E-state index is 12.5. The number of benzene rings is 1. The van der Waals surface area contributed by atoms with Crippen LogP contribution in [0.3, 0.4) is 0 Å². The van der Waals surface area contributed by atoms with E-state index in [0.717, 1.165) is 12.1 Å². The molecule has 19 heavy (non-hydrogen) atoms. The summed E-state index contributed by atoms with van der Waals surface area (Å²) in [6.45, 7) is 3.66. The summed E-state index contributed by atoms with van der Waals surface area (Å²) in [5.74, 6) is -0.470. The molecule has 1 aromatic carbocycles. The highest BCUT2D eigenvalue weighted by molar-refractivity contribution is 5.79.